The summed E-state index contributed by atoms with van der Waals surface area (Å²) in [5, 5.41) is 6.54. The number of carbonyl (C=O) groups is 1. The van der Waals surface area contributed by atoms with Gasteiger partial charge in [0.2, 0.25) is 0 Å². The van der Waals surface area contributed by atoms with Gasteiger partial charge in [0.25, 0.3) is 5.91 Å². The third-order valence-electron chi connectivity index (χ3n) is 6.05. The fraction of sp³-hybridized carbons (Fsp3) is 0.179. The number of hydrogen-bond acceptors (Lipinski definition) is 4. The van der Waals surface area contributed by atoms with Crippen LogP contribution >= 0.6 is 0 Å². The molecule has 1 amide bonds. The Morgan fingerprint density at radius 3 is 2.73 bits per heavy atom. The largest absolute Gasteiger partial charge is 0.345 e. The number of aromatic nitrogens is 2. The average molecular weight is 435 g/mol. The van der Waals surface area contributed by atoms with Gasteiger partial charge in [-0.05, 0) is 61.6 Å². The Bertz CT molecular complexity index is 1300. The van der Waals surface area contributed by atoms with Crippen molar-refractivity contribution in [3.05, 3.63) is 107 Å². The molecule has 0 saturated heterocycles. The summed E-state index contributed by atoms with van der Waals surface area (Å²) in [6.07, 6.45) is 4.67. The first-order chi connectivity index (χ1) is 16.2. The first-order valence-corrected chi connectivity index (χ1v) is 11.3. The van der Waals surface area contributed by atoms with E-state index in [1.54, 1.807) is 6.33 Å². The number of hydrogen-bond donors (Lipinski definition) is 2. The number of anilines is 2. The molecule has 0 saturated carbocycles. The third-order valence-corrected chi connectivity index (χ3v) is 6.05. The van der Waals surface area contributed by atoms with Crippen molar-refractivity contribution in [2.75, 3.05) is 5.32 Å². The van der Waals surface area contributed by atoms with E-state index in [1.165, 1.54) is 16.7 Å². The molecule has 4 aromatic rings. The van der Waals surface area contributed by atoms with Crippen LogP contribution in [0.4, 0.5) is 11.5 Å². The Morgan fingerprint density at radius 2 is 1.82 bits per heavy atom. The molecule has 0 spiro atoms. The van der Waals surface area contributed by atoms with Gasteiger partial charge in [-0.3, -0.25) is 4.79 Å². The summed E-state index contributed by atoms with van der Waals surface area (Å²) in [5.41, 5.74) is 7.06. The van der Waals surface area contributed by atoms with Crippen molar-refractivity contribution in [3.8, 4) is 11.3 Å². The van der Waals surface area contributed by atoms with Crippen molar-refractivity contribution in [2.45, 2.75) is 32.2 Å². The Kier molecular flexibility index (Phi) is 5.85. The number of fused-ring (bicyclic) bond motifs is 1. The first kappa shape index (κ1) is 20.9. The number of rotatable bonds is 5. The molecule has 1 heterocycles. The van der Waals surface area contributed by atoms with Gasteiger partial charge in [0.05, 0.1) is 11.7 Å². The molecule has 0 bridgehead atoms. The highest BCUT2D eigenvalue weighted by Crippen LogP contribution is 2.30. The zero-order valence-corrected chi connectivity index (χ0v) is 18.6. The maximum absolute atomic E-state index is 13.0. The van der Waals surface area contributed by atoms with Crippen LogP contribution < -0.4 is 10.6 Å². The fourth-order valence-electron chi connectivity index (χ4n) is 4.42. The van der Waals surface area contributed by atoms with Gasteiger partial charge in [-0.15, -0.1) is 0 Å². The molecule has 2 N–H and O–H groups in total. The predicted octanol–water partition coefficient (Wildman–Crippen LogP) is 6.00. The monoisotopic (exact) mass is 434 g/mol. The van der Waals surface area contributed by atoms with Gasteiger partial charge in [-0.2, -0.15) is 0 Å². The minimum Gasteiger partial charge on any atom is -0.345 e. The second-order valence-corrected chi connectivity index (χ2v) is 8.48. The molecular formula is C28H26N4O. The molecule has 1 atom stereocenters. The molecule has 5 rings (SSSR count). The van der Waals surface area contributed by atoms with E-state index in [0.717, 1.165) is 36.2 Å². The SMILES string of the molecule is Cc1cccc(-c2cc(Nc3cccc(C(=O)NC4CCCc5ccccc54)c3)ncn2)c1. The van der Waals surface area contributed by atoms with Gasteiger partial charge < -0.3 is 10.6 Å². The molecule has 164 valence electrons. The van der Waals surface area contributed by atoms with Crippen LogP contribution in [0, 0.1) is 6.92 Å². The number of benzene rings is 3. The van der Waals surface area contributed by atoms with E-state index in [1.807, 2.05) is 48.5 Å². The molecule has 1 unspecified atom stereocenters. The van der Waals surface area contributed by atoms with E-state index >= 15 is 0 Å². The van der Waals surface area contributed by atoms with Crippen LogP contribution in [0.5, 0.6) is 0 Å². The molecule has 1 aliphatic carbocycles. The molecule has 0 fully saturated rings. The van der Waals surface area contributed by atoms with Gasteiger partial charge in [-0.1, -0.05) is 54.1 Å². The smallest absolute Gasteiger partial charge is 0.251 e. The van der Waals surface area contributed by atoms with Crippen molar-refractivity contribution in [1.82, 2.24) is 15.3 Å². The molecule has 5 nitrogen and oxygen atoms in total. The predicted molar refractivity (Wildman–Crippen MR) is 132 cm³/mol. The lowest BCUT2D eigenvalue weighted by Crippen LogP contribution is -2.31. The molecule has 1 aromatic heterocycles. The number of nitrogens with one attached hydrogen (secondary N) is 2. The number of amides is 1. The summed E-state index contributed by atoms with van der Waals surface area (Å²) >= 11 is 0. The summed E-state index contributed by atoms with van der Waals surface area (Å²) in [4.78, 5) is 21.8. The highest BCUT2D eigenvalue weighted by molar-refractivity contribution is 5.95. The summed E-state index contributed by atoms with van der Waals surface area (Å²) < 4.78 is 0. The molecule has 0 aliphatic heterocycles. The molecule has 3 aromatic carbocycles. The maximum atomic E-state index is 13.0. The lowest BCUT2D eigenvalue weighted by molar-refractivity contribution is 0.0933. The normalized spacial score (nSPS) is 14.9. The Labute approximate surface area is 193 Å². The minimum atomic E-state index is -0.0662. The fourth-order valence-corrected chi connectivity index (χ4v) is 4.42. The highest BCUT2D eigenvalue weighted by Gasteiger charge is 2.22. The number of nitrogens with zero attached hydrogens (tertiary/aromatic N) is 2. The van der Waals surface area contributed by atoms with E-state index < -0.39 is 0 Å². The van der Waals surface area contributed by atoms with Crippen LogP contribution in [0.1, 0.15) is 45.9 Å². The quantitative estimate of drug-likeness (QED) is 0.404. The van der Waals surface area contributed by atoms with Gasteiger partial charge in [0.15, 0.2) is 0 Å². The zero-order valence-electron chi connectivity index (χ0n) is 18.6. The van der Waals surface area contributed by atoms with Crippen LogP contribution in [-0.2, 0) is 6.42 Å². The van der Waals surface area contributed by atoms with Crippen molar-refractivity contribution in [1.29, 1.82) is 0 Å². The molecular weight excluding hydrogens is 408 g/mol. The lowest BCUT2D eigenvalue weighted by atomic mass is 9.87. The summed E-state index contributed by atoms with van der Waals surface area (Å²) in [6, 6.07) is 26.1. The van der Waals surface area contributed by atoms with E-state index in [4.69, 9.17) is 0 Å². The van der Waals surface area contributed by atoms with Gasteiger partial charge in [0.1, 0.15) is 12.1 Å². The topological polar surface area (TPSA) is 66.9 Å². The first-order valence-electron chi connectivity index (χ1n) is 11.3. The summed E-state index contributed by atoms with van der Waals surface area (Å²) in [5.74, 6) is 0.615. The molecule has 5 heteroatoms. The molecule has 0 radical (unpaired) electrons. The van der Waals surface area contributed by atoms with Gasteiger partial charge >= 0.3 is 0 Å². The van der Waals surface area contributed by atoms with Crippen LogP contribution in [0.25, 0.3) is 11.3 Å². The second-order valence-electron chi connectivity index (χ2n) is 8.48. The second kappa shape index (κ2) is 9.25. The van der Waals surface area contributed by atoms with E-state index in [0.29, 0.717) is 11.4 Å². The van der Waals surface area contributed by atoms with Crippen LogP contribution in [0.3, 0.4) is 0 Å². The summed E-state index contributed by atoms with van der Waals surface area (Å²) in [6.45, 7) is 2.06. The Balaban J connectivity index is 1.32. The Hall–Kier alpha value is -3.99. The van der Waals surface area contributed by atoms with Gasteiger partial charge in [0, 0.05) is 22.9 Å². The van der Waals surface area contributed by atoms with Crippen molar-refractivity contribution in [2.24, 2.45) is 0 Å². The van der Waals surface area contributed by atoms with Crippen molar-refractivity contribution in [3.63, 3.8) is 0 Å². The van der Waals surface area contributed by atoms with Gasteiger partial charge in [-0.25, -0.2) is 9.97 Å². The van der Waals surface area contributed by atoms with Crippen LogP contribution in [-0.4, -0.2) is 15.9 Å². The average Bonchev–Trinajstić information content (AvgIpc) is 2.85. The van der Waals surface area contributed by atoms with Crippen LogP contribution in [0.15, 0.2) is 85.2 Å². The van der Waals surface area contributed by atoms with Crippen molar-refractivity contribution < 1.29 is 4.79 Å². The maximum Gasteiger partial charge on any atom is 0.251 e. The van der Waals surface area contributed by atoms with Crippen LogP contribution in [0.2, 0.25) is 0 Å². The lowest BCUT2D eigenvalue weighted by Gasteiger charge is -2.26. The molecule has 33 heavy (non-hydrogen) atoms. The standard InChI is InChI=1S/C28H26N4O/c1-19-7-4-10-21(15-19)26-17-27(30-18-29-26)31-23-12-5-11-22(16-23)28(33)32-25-14-6-9-20-8-2-3-13-24(20)25/h2-5,7-8,10-13,15-18,25H,6,9,14H2,1H3,(H,32,33)(H,29,30,31). The number of aryl methyl sites for hydroxylation is 2. The number of carbonyl (C=O) groups excluding carboxylic acids is 1. The zero-order chi connectivity index (χ0) is 22.6. The molecule has 1 aliphatic rings. The summed E-state index contributed by atoms with van der Waals surface area (Å²) in [7, 11) is 0. The van der Waals surface area contributed by atoms with E-state index in [2.05, 4.69) is 57.9 Å². The third kappa shape index (κ3) is 4.77. The van der Waals surface area contributed by atoms with E-state index in [9.17, 15) is 4.79 Å². The highest BCUT2D eigenvalue weighted by atomic mass is 16.1. The minimum absolute atomic E-state index is 0.0535. The van der Waals surface area contributed by atoms with E-state index in [-0.39, 0.29) is 11.9 Å². The van der Waals surface area contributed by atoms with Crippen molar-refractivity contribution >= 4 is 17.4 Å². The Morgan fingerprint density at radius 1 is 0.939 bits per heavy atom.